The zero-order valence-electron chi connectivity index (χ0n) is 18.6. The van der Waals surface area contributed by atoms with Gasteiger partial charge in [0.1, 0.15) is 0 Å². The molecule has 0 radical (unpaired) electrons. The minimum atomic E-state index is 0.181. The number of nitrogens with one attached hydrogen (secondary N) is 2. The maximum Gasteiger partial charge on any atom is 0.190 e. The Morgan fingerprint density at radius 1 is 1.19 bits per heavy atom. The lowest BCUT2D eigenvalue weighted by Crippen LogP contribution is -2.49. The smallest absolute Gasteiger partial charge is 0.190 e. The molecule has 0 aromatic rings. The molecule has 27 heavy (non-hydrogen) atoms. The second kappa shape index (κ2) is 10.6. The fourth-order valence-corrected chi connectivity index (χ4v) is 4.26. The van der Waals surface area contributed by atoms with Gasteiger partial charge in [-0.05, 0) is 31.2 Å². The van der Waals surface area contributed by atoms with Crippen molar-refractivity contribution in [2.24, 2.45) is 22.2 Å². The van der Waals surface area contributed by atoms with Crippen LogP contribution in [0.15, 0.2) is 4.99 Å². The number of hydrogen-bond donors (Lipinski definition) is 2. The summed E-state index contributed by atoms with van der Waals surface area (Å²) in [5.41, 5.74) is 0.181. The predicted octanol–water partition coefficient (Wildman–Crippen LogP) is 1.88. The molecule has 0 bridgehead atoms. The maximum absolute atomic E-state index is 6.10. The van der Waals surface area contributed by atoms with Crippen LogP contribution in [0.25, 0.3) is 0 Å². The first-order valence-electron chi connectivity index (χ1n) is 10.8. The molecule has 2 heterocycles. The molecule has 0 spiro atoms. The average molecular weight is 382 g/mol. The van der Waals surface area contributed by atoms with Gasteiger partial charge in [-0.1, -0.05) is 27.7 Å². The minimum absolute atomic E-state index is 0.181. The summed E-state index contributed by atoms with van der Waals surface area (Å²) >= 11 is 0. The van der Waals surface area contributed by atoms with Gasteiger partial charge in [-0.15, -0.1) is 0 Å². The molecule has 2 saturated heterocycles. The summed E-state index contributed by atoms with van der Waals surface area (Å²) in [4.78, 5) is 9.41. The molecule has 2 fully saturated rings. The van der Waals surface area contributed by atoms with E-state index < -0.39 is 0 Å². The van der Waals surface area contributed by atoms with Crippen molar-refractivity contribution in [1.82, 2.24) is 20.4 Å². The molecule has 3 atom stereocenters. The standard InChI is InChI=1S/C21H43N5O/c1-17(16-26-11-9-25(6)10-12-26)14-23-20(22-5)24-15-18-8-7-13-27-19(18)21(2,3)4/h17-19H,7-16H2,1-6H3,(H2,22,23,24). The van der Waals surface area contributed by atoms with Crippen LogP contribution >= 0.6 is 0 Å². The van der Waals surface area contributed by atoms with Crippen LogP contribution < -0.4 is 10.6 Å². The van der Waals surface area contributed by atoms with E-state index in [1.54, 1.807) is 0 Å². The Labute approximate surface area is 167 Å². The number of hydrogen-bond acceptors (Lipinski definition) is 4. The van der Waals surface area contributed by atoms with Gasteiger partial charge in [-0.25, -0.2) is 0 Å². The molecule has 3 unspecified atom stereocenters. The van der Waals surface area contributed by atoms with Crippen LogP contribution in [-0.4, -0.2) is 88.4 Å². The molecule has 2 aliphatic heterocycles. The lowest BCUT2D eigenvalue weighted by molar-refractivity contribution is -0.0835. The molecule has 2 rings (SSSR count). The second-order valence-electron chi connectivity index (χ2n) is 9.60. The molecule has 2 N–H and O–H groups in total. The summed E-state index contributed by atoms with van der Waals surface area (Å²) in [7, 11) is 4.07. The van der Waals surface area contributed by atoms with Gasteiger partial charge in [0.15, 0.2) is 5.96 Å². The minimum Gasteiger partial charge on any atom is -0.377 e. The number of ether oxygens (including phenoxy) is 1. The van der Waals surface area contributed by atoms with Crippen LogP contribution in [0, 0.1) is 17.3 Å². The number of aliphatic imine (C=N–C) groups is 1. The van der Waals surface area contributed by atoms with Crippen molar-refractivity contribution in [3.63, 3.8) is 0 Å². The van der Waals surface area contributed by atoms with Crippen LogP contribution in [0.1, 0.15) is 40.5 Å². The molecular weight excluding hydrogens is 338 g/mol. The van der Waals surface area contributed by atoms with Crippen LogP contribution in [-0.2, 0) is 4.74 Å². The van der Waals surface area contributed by atoms with Crippen molar-refractivity contribution in [1.29, 1.82) is 0 Å². The van der Waals surface area contributed by atoms with E-state index in [0.29, 0.717) is 17.9 Å². The highest BCUT2D eigenvalue weighted by Gasteiger charge is 2.35. The molecule has 2 aliphatic rings. The van der Waals surface area contributed by atoms with E-state index in [1.807, 2.05) is 7.05 Å². The lowest BCUT2D eigenvalue weighted by Gasteiger charge is -2.40. The molecule has 6 heteroatoms. The molecule has 0 aromatic carbocycles. The third kappa shape index (κ3) is 7.59. The van der Waals surface area contributed by atoms with E-state index in [-0.39, 0.29) is 5.41 Å². The Balaban J connectivity index is 1.72. The van der Waals surface area contributed by atoms with Crippen molar-refractivity contribution < 1.29 is 4.74 Å². The van der Waals surface area contributed by atoms with E-state index in [9.17, 15) is 0 Å². The third-order valence-corrected chi connectivity index (χ3v) is 5.84. The molecular formula is C21H43N5O. The van der Waals surface area contributed by atoms with Crippen molar-refractivity contribution >= 4 is 5.96 Å². The Hall–Kier alpha value is -0.850. The van der Waals surface area contributed by atoms with Crippen LogP contribution in [0.4, 0.5) is 0 Å². The van der Waals surface area contributed by atoms with Gasteiger partial charge >= 0.3 is 0 Å². The highest BCUT2D eigenvalue weighted by molar-refractivity contribution is 5.79. The van der Waals surface area contributed by atoms with Crippen LogP contribution in [0.5, 0.6) is 0 Å². The number of piperazine rings is 1. The van der Waals surface area contributed by atoms with Gasteiger partial charge in [-0.3, -0.25) is 4.99 Å². The predicted molar refractivity (Wildman–Crippen MR) is 114 cm³/mol. The monoisotopic (exact) mass is 381 g/mol. The Bertz CT molecular complexity index is 454. The van der Waals surface area contributed by atoms with Gasteiger partial charge < -0.3 is 25.2 Å². The number of nitrogens with zero attached hydrogens (tertiary/aromatic N) is 3. The second-order valence-corrected chi connectivity index (χ2v) is 9.60. The van der Waals surface area contributed by atoms with Gasteiger partial charge in [0.25, 0.3) is 0 Å². The van der Waals surface area contributed by atoms with Gasteiger partial charge in [0.05, 0.1) is 6.10 Å². The van der Waals surface area contributed by atoms with E-state index in [0.717, 1.165) is 38.6 Å². The average Bonchev–Trinajstić information content (AvgIpc) is 2.63. The summed E-state index contributed by atoms with van der Waals surface area (Å²) in [6.07, 6.45) is 2.70. The first-order valence-corrected chi connectivity index (χ1v) is 10.8. The highest BCUT2D eigenvalue weighted by atomic mass is 16.5. The third-order valence-electron chi connectivity index (χ3n) is 5.84. The molecule has 0 aromatic heterocycles. The lowest BCUT2D eigenvalue weighted by atomic mass is 9.78. The summed E-state index contributed by atoms with van der Waals surface area (Å²) in [5, 5.41) is 7.07. The zero-order chi connectivity index (χ0) is 19.9. The van der Waals surface area contributed by atoms with Crippen molar-refractivity contribution in [3.05, 3.63) is 0 Å². The topological polar surface area (TPSA) is 52.1 Å². The maximum atomic E-state index is 6.10. The van der Waals surface area contributed by atoms with E-state index >= 15 is 0 Å². The van der Waals surface area contributed by atoms with Crippen molar-refractivity contribution in [2.45, 2.75) is 46.6 Å². The summed E-state index contributed by atoms with van der Waals surface area (Å²) in [6.45, 7) is 17.8. The Kier molecular flexibility index (Phi) is 8.83. The normalized spacial score (nSPS) is 27.4. The van der Waals surface area contributed by atoms with E-state index in [1.165, 1.54) is 32.6 Å². The quantitative estimate of drug-likeness (QED) is 0.543. The fourth-order valence-electron chi connectivity index (χ4n) is 4.26. The van der Waals surface area contributed by atoms with Gasteiger partial charge in [0, 0.05) is 65.4 Å². The number of rotatable bonds is 6. The molecule has 0 saturated carbocycles. The molecule has 0 amide bonds. The first kappa shape index (κ1) is 22.4. The first-order chi connectivity index (χ1) is 12.8. The molecule has 6 nitrogen and oxygen atoms in total. The van der Waals surface area contributed by atoms with Crippen molar-refractivity contribution in [3.8, 4) is 0 Å². The molecule has 158 valence electrons. The van der Waals surface area contributed by atoms with E-state index in [4.69, 9.17) is 4.74 Å². The Morgan fingerprint density at radius 2 is 1.89 bits per heavy atom. The molecule has 0 aliphatic carbocycles. The summed E-state index contributed by atoms with van der Waals surface area (Å²) in [5.74, 6) is 2.06. The van der Waals surface area contributed by atoms with Crippen LogP contribution in [0.2, 0.25) is 0 Å². The fraction of sp³-hybridized carbons (Fsp3) is 0.952. The van der Waals surface area contributed by atoms with E-state index in [2.05, 4.69) is 60.2 Å². The van der Waals surface area contributed by atoms with Gasteiger partial charge in [0.2, 0.25) is 0 Å². The largest absolute Gasteiger partial charge is 0.377 e. The zero-order valence-corrected chi connectivity index (χ0v) is 18.6. The number of likely N-dealkylation sites (N-methyl/N-ethyl adjacent to an activating group) is 1. The summed E-state index contributed by atoms with van der Waals surface area (Å²) < 4.78 is 6.10. The van der Waals surface area contributed by atoms with Gasteiger partial charge in [-0.2, -0.15) is 0 Å². The SMILES string of the molecule is CN=C(NCC(C)CN1CCN(C)CC1)NCC1CCCOC1C(C)(C)C. The Morgan fingerprint density at radius 3 is 2.52 bits per heavy atom. The number of guanidine groups is 1. The van der Waals surface area contributed by atoms with Crippen LogP contribution in [0.3, 0.4) is 0 Å². The summed E-state index contributed by atoms with van der Waals surface area (Å²) in [6, 6.07) is 0. The highest BCUT2D eigenvalue weighted by Crippen LogP contribution is 2.33. The van der Waals surface area contributed by atoms with Crippen molar-refractivity contribution in [2.75, 3.05) is 66.5 Å².